The number of sulfonamides is 1. The van der Waals surface area contributed by atoms with E-state index in [1.54, 1.807) is 0 Å². The van der Waals surface area contributed by atoms with Crippen LogP contribution in [0.4, 0.5) is 31.5 Å². The van der Waals surface area contributed by atoms with Gasteiger partial charge in [0.2, 0.25) is 0 Å². The molecule has 2 aromatic heterocycles. The van der Waals surface area contributed by atoms with E-state index >= 15 is 0 Å². The van der Waals surface area contributed by atoms with Gasteiger partial charge in [0.1, 0.15) is 16.3 Å². The molecule has 0 saturated carbocycles. The minimum absolute atomic E-state index is 0.0540. The molecule has 0 aliphatic carbocycles. The van der Waals surface area contributed by atoms with Crippen molar-refractivity contribution >= 4 is 26.5 Å². The van der Waals surface area contributed by atoms with E-state index in [1.165, 1.54) is 24.4 Å². The van der Waals surface area contributed by atoms with E-state index in [9.17, 15) is 34.8 Å². The van der Waals surface area contributed by atoms with Crippen LogP contribution < -0.4 is 9.46 Å². The Labute approximate surface area is 169 Å². The SMILES string of the molecule is O=S(=O)(Nc1nc(-c2ccccn2)c(C(F)(F)F)s1)c1ccc(OC(F)(F)F)cc1. The second kappa shape index (κ2) is 7.75. The average Bonchev–Trinajstić information content (AvgIpc) is 3.05. The fourth-order valence-electron chi connectivity index (χ4n) is 2.23. The molecule has 0 fully saturated rings. The highest BCUT2D eigenvalue weighted by molar-refractivity contribution is 7.93. The van der Waals surface area contributed by atoms with E-state index in [4.69, 9.17) is 0 Å². The van der Waals surface area contributed by atoms with Crippen molar-refractivity contribution in [3.8, 4) is 17.1 Å². The first-order valence-corrected chi connectivity index (χ1v) is 10.0. The molecule has 160 valence electrons. The summed E-state index contributed by atoms with van der Waals surface area (Å²) in [7, 11) is -4.43. The molecule has 0 radical (unpaired) electrons. The molecule has 0 bridgehead atoms. The predicted octanol–water partition coefficient (Wildman–Crippen LogP) is 4.92. The summed E-state index contributed by atoms with van der Waals surface area (Å²) in [5.41, 5.74) is -0.667. The highest BCUT2D eigenvalue weighted by Crippen LogP contribution is 2.42. The first-order chi connectivity index (χ1) is 13.9. The summed E-state index contributed by atoms with van der Waals surface area (Å²) in [5, 5.41) is -0.585. The number of pyridine rings is 1. The van der Waals surface area contributed by atoms with Crippen molar-refractivity contribution in [3.05, 3.63) is 53.5 Å². The summed E-state index contributed by atoms with van der Waals surface area (Å²) in [4.78, 5) is 5.83. The Bertz CT molecular complexity index is 1130. The van der Waals surface area contributed by atoms with Gasteiger partial charge in [-0.1, -0.05) is 17.4 Å². The summed E-state index contributed by atoms with van der Waals surface area (Å²) in [6.07, 6.45) is -8.52. The van der Waals surface area contributed by atoms with Crippen molar-refractivity contribution < 1.29 is 39.5 Å². The second-order valence-electron chi connectivity index (χ2n) is 5.53. The number of nitrogens with zero attached hydrogens (tertiary/aromatic N) is 2. The van der Waals surface area contributed by atoms with Gasteiger partial charge < -0.3 is 4.74 Å². The quantitative estimate of drug-likeness (QED) is 0.537. The minimum Gasteiger partial charge on any atom is -0.406 e. The summed E-state index contributed by atoms with van der Waals surface area (Å²) in [6.45, 7) is 0. The van der Waals surface area contributed by atoms with Gasteiger partial charge in [-0.15, -0.1) is 13.2 Å². The Kier molecular flexibility index (Phi) is 5.64. The molecule has 3 rings (SSSR count). The molecule has 3 aromatic rings. The van der Waals surface area contributed by atoms with Crippen LogP contribution in [0.25, 0.3) is 11.4 Å². The molecule has 0 aliphatic rings. The second-order valence-corrected chi connectivity index (χ2v) is 8.22. The third-order valence-electron chi connectivity index (χ3n) is 3.38. The molecule has 6 nitrogen and oxygen atoms in total. The maximum atomic E-state index is 13.3. The van der Waals surface area contributed by atoms with Crippen LogP contribution in [-0.2, 0) is 16.2 Å². The largest absolute Gasteiger partial charge is 0.573 e. The standard InChI is InChI=1S/C16H9F6N3O3S2/c17-15(18,19)13-12(11-3-1-2-8-23-11)24-14(29-13)25-30(26,27)10-6-4-9(5-7-10)28-16(20,21)22/h1-8H,(H,24,25). The van der Waals surface area contributed by atoms with Crippen molar-refractivity contribution in [2.45, 2.75) is 17.4 Å². The molecule has 1 aromatic carbocycles. The lowest BCUT2D eigenvalue weighted by Gasteiger charge is -2.09. The van der Waals surface area contributed by atoms with E-state index in [2.05, 4.69) is 14.7 Å². The molecule has 0 aliphatic heterocycles. The third kappa shape index (κ3) is 5.18. The molecule has 30 heavy (non-hydrogen) atoms. The van der Waals surface area contributed by atoms with Gasteiger partial charge in [0.15, 0.2) is 5.13 Å². The molecule has 0 amide bonds. The third-order valence-corrected chi connectivity index (χ3v) is 5.88. The smallest absolute Gasteiger partial charge is 0.406 e. The van der Waals surface area contributed by atoms with Gasteiger partial charge >= 0.3 is 12.5 Å². The lowest BCUT2D eigenvalue weighted by molar-refractivity contribution is -0.274. The van der Waals surface area contributed by atoms with Crippen LogP contribution in [0.15, 0.2) is 53.6 Å². The van der Waals surface area contributed by atoms with Gasteiger partial charge in [0.05, 0.1) is 10.6 Å². The number of halogens is 6. The van der Waals surface area contributed by atoms with E-state index in [1.807, 2.05) is 4.72 Å². The Morgan fingerprint density at radius 2 is 1.63 bits per heavy atom. The first kappa shape index (κ1) is 21.8. The van der Waals surface area contributed by atoms with Crippen molar-refractivity contribution in [1.82, 2.24) is 9.97 Å². The monoisotopic (exact) mass is 469 g/mol. The fraction of sp³-hybridized carbons (Fsp3) is 0.125. The van der Waals surface area contributed by atoms with Gasteiger partial charge in [-0.25, -0.2) is 13.4 Å². The summed E-state index contributed by atoms with van der Waals surface area (Å²) >= 11 is 0.0540. The van der Waals surface area contributed by atoms with E-state index in [-0.39, 0.29) is 17.0 Å². The lowest BCUT2D eigenvalue weighted by atomic mass is 10.2. The maximum Gasteiger partial charge on any atom is 0.573 e. The Balaban J connectivity index is 1.91. The maximum absolute atomic E-state index is 13.3. The van der Waals surface area contributed by atoms with Gasteiger partial charge in [0, 0.05) is 6.20 Å². The van der Waals surface area contributed by atoms with E-state index in [0.29, 0.717) is 0 Å². The number of ether oxygens (including phenoxy) is 1. The van der Waals surface area contributed by atoms with Gasteiger partial charge in [-0.05, 0) is 36.4 Å². The van der Waals surface area contributed by atoms with E-state index in [0.717, 1.165) is 24.3 Å². The molecular formula is C16H9F6N3O3S2. The number of thiazole rings is 1. The van der Waals surface area contributed by atoms with Crippen LogP contribution in [0.3, 0.4) is 0 Å². The predicted molar refractivity (Wildman–Crippen MR) is 94.3 cm³/mol. The first-order valence-electron chi connectivity index (χ1n) is 7.73. The summed E-state index contributed by atoms with van der Waals surface area (Å²) < 4.78 is 107. The normalized spacial score (nSPS) is 12.6. The van der Waals surface area contributed by atoms with Crippen LogP contribution in [-0.4, -0.2) is 24.7 Å². The van der Waals surface area contributed by atoms with Gasteiger partial charge in [0.25, 0.3) is 10.0 Å². The molecule has 0 atom stereocenters. The highest BCUT2D eigenvalue weighted by Gasteiger charge is 2.38. The van der Waals surface area contributed by atoms with Crippen LogP contribution >= 0.6 is 11.3 Å². The van der Waals surface area contributed by atoms with Crippen molar-refractivity contribution in [2.75, 3.05) is 4.72 Å². The molecule has 14 heteroatoms. The number of rotatable bonds is 5. The van der Waals surface area contributed by atoms with Crippen molar-refractivity contribution in [3.63, 3.8) is 0 Å². The number of alkyl halides is 6. The minimum atomic E-state index is -4.96. The van der Waals surface area contributed by atoms with Crippen molar-refractivity contribution in [1.29, 1.82) is 0 Å². The zero-order valence-corrected chi connectivity index (χ0v) is 16.0. The zero-order chi connectivity index (χ0) is 22.2. The molecule has 0 saturated heterocycles. The molecule has 1 N–H and O–H groups in total. The summed E-state index contributed by atoms with van der Waals surface area (Å²) in [5.74, 6) is -0.660. The van der Waals surface area contributed by atoms with Crippen LogP contribution in [0.5, 0.6) is 5.75 Å². The number of hydrogen-bond acceptors (Lipinski definition) is 6. The van der Waals surface area contributed by atoms with Crippen LogP contribution in [0.1, 0.15) is 4.88 Å². The number of benzene rings is 1. The van der Waals surface area contributed by atoms with Crippen LogP contribution in [0, 0.1) is 0 Å². The fourth-order valence-corrected chi connectivity index (χ4v) is 4.30. The van der Waals surface area contributed by atoms with Gasteiger partial charge in [-0.2, -0.15) is 13.2 Å². The number of aromatic nitrogens is 2. The number of anilines is 1. The Hall–Kier alpha value is -2.87. The highest BCUT2D eigenvalue weighted by atomic mass is 32.2. The molecule has 2 heterocycles. The molecule has 0 unspecified atom stereocenters. The molecule has 0 spiro atoms. The van der Waals surface area contributed by atoms with Gasteiger partial charge in [-0.3, -0.25) is 9.71 Å². The summed E-state index contributed by atoms with van der Waals surface area (Å²) in [6, 6.07) is 7.33. The van der Waals surface area contributed by atoms with Crippen molar-refractivity contribution in [2.24, 2.45) is 0 Å². The number of nitrogens with one attached hydrogen (secondary N) is 1. The molecular weight excluding hydrogens is 460 g/mol. The number of hydrogen-bond donors (Lipinski definition) is 1. The topological polar surface area (TPSA) is 81.2 Å². The van der Waals surface area contributed by atoms with Crippen LogP contribution in [0.2, 0.25) is 0 Å². The Morgan fingerprint density at radius 3 is 2.17 bits per heavy atom. The average molecular weight is 469 g/mol. The zero-order valence-electron chi connectivity index (χ0n) is 14.3. The lowest BCUT2D eigenvalue weighted by Crippen LogP contribution is -2.17. The Morgan fingerprint density at radius 1 is 0.967 bits per heavy atom. The van der Waals surface area contributed by atoms with E-state index < -0.39 is 48.9 Å².